The number of rotatable bonds is 6. The fourth-order valence-corrected chi connectivity index (χ4v) is 3.35. The summed E-state index contributed by atoms with van der Waals surface area (Å²) in [5.74, 6) is -1.64. The van der Waals surface area contributed by atoms with Gasteiger partial charge in [0, 0.05) is 18.0 Å². The van der Waals surface area contributed by atoms with Gasteiger partial charge in [-0.3, -0.25) is 4.79 Å². The number of benzene rings is 2. The van der Waals surface area contributed by atoms with Crippen molar-refractivity contribution in [2.45, 2.75) is 39.3 Å². The molecule has 1 unspecified atom stereocenters. The number of nitrogens with two attached hydrogens (primary N) is 1. The highest BCUT2D eigenvalue weighted by Crippen LogP contribution is 2.39. The Bertz CT molecular complexity index is 837. The van der Waals surface area contributed by atoms with E-state index in [4.69, 9.17) is 22.1 Å². The zero-order chi connectivity index (χ0) is 20.9. The van der Waals surface area contributed by atoms with Crippen molar-refractivity contribution >= 4 is 23.6 Å². The van der Waals surface area contributed by atoms with Gasteiger partial charge in [0.25, 0.3) is 5.91 Å². The van der Waals surface area contributed by atoms with Gasteiger partial charge in [-0.05, 0) is 17.0 Å². The summed E-state index contributed by atoms with van der Waals surface area (Å²) in [5, 5.41) is 2.59. The van der Waals surface area contributed by atoms with Gasteiger partial charge in [-0.2, -0.15) is 0 Å². The largest absolute Gasteiger partial charge is 0.436 e. The van der Waals surface area contributed by atoms with E-state index in [2.05, 4.69) is 5.32 Å². The highest BCUT2D eigenvalue weighted by molar-refractivity contribution is 6.30. The van der Waals surface area contributed by atoms with Gasteiger partial charge >= 0.3 is 6.09 Å². The summed E-state index contributed by atoms with van der Waals surface area (Å²) in [6, 6.07) is 13.8. The minimum atomic E-state index is -1.18. The van der Waals surface area contributed by atoms with E-state index >= 15 is 0 Å². The lowest BCUT2D eigenvalue weighted by atomic mass is 9.73. The van der Waals surface area contributed by atoms with E-state index in [1.54, 1.807) is 6.07 Å². The standard InChI is InChI=1S/C21H24ClFN2O3/c1-21(2,3)16(13-8-5-4-6-9-13)18(28-20(24)27)19(26)25-12-14-10-7-11-15(22)17(14)23/h4-11,16,18H,12H2,1-3H3,(H2,24,27)(H,25,26)/t16?,18-/m0/s1. The van der Waals surface area contributed by atoms with Crippen molar-refractivity contribution in [3.63, 3.8) is 0 Å². The van der Waals surface area contributed by atoms with Crippen LogP contribution in [0.15, 0.2) is 48.5 Å². The summed E-state index contributed by atoms with van der Waals surface area (Å²) in [5.41, 5.74) is 5.84. The average Bonchev–Trinajstić information content (AvgIpc) is 2.61. The molecule has 28 heavy (non-hydrogen) atoms. The second kappa shape index (κ2) is 9.06. The number of hydrogen-bond acceptors (Lipinski definition) is 3. The normalized spacial score (nSPS) is 13.5. The topological polar surface area (TPSA) is 81.4 Å². The maximum Gasteiger partial charge on any atom is 0.405 e. The van der Waals surface area contributed by atoms with E-state index in [1.807, 2.05) is 51.1 Å². The van der Waals surface area contributed by atoms with Gasteiger partial charge in [-0.1, -0.05) is 74.8 Å². The number of carbonyl (C=O) groups is 2. The van der Waals surface area contributed by atoms with Crippen LogP contribution in [0, 0.1) is 11.2 Å². The predicted molar refractivity (Wildman–Crippen MR) is 106 cm³/mol. The molecule has 0 aromatic heterocycles. The third kappa shape index (κ3) is 5.45. The van der Waals surface area contributed by atoms with Gasteiger partial charge in [-0.15, -0.1) is 0 Å². The van der Waals surface area contributed by atoms with Crippen LogP contribution >= 0.6 is 11.6 Å². The molecule has 0 heterocycles. The predicted octanol–water partition coefficient (Wildman–Crippen LogP) is 4.39. The zero-order valence-corrected chi connectivity index (χ0v) is 16.8. The summed E-state index contributed by atoms with van der Waals surface area (Å²) in [4.78, 5) is 24.4. The third-order valence-electron chi connectivity index (χ3n) is 4.38. The molecule has 0 saturated heterocycles. The Morgan fingerprint density at radius 1 is 1.14 bits per heavy atom. The molecule has 0 fully saturated rings. The molecule has 2 aromatic carbocycles. The molecule has 0 aliphatic heterocycles. The Hall–Kier alpha value is -2.60. The fraction of sp³-hybridized carbons (Fsp3) is 0.333. The lowest BCUT2D eigenvalue weighted by Gasteiger charge is -2.36. The lowest BCUT2D eigenvalue weighted by molar-refractivity contribution is -0.132. The van der Waals surface area contributed by atoms with Crippen LogP contribution in [0.3, 0.4) is 0 Å². The molecule has 7 heteroatoms. The first-order valence-corrected chi connectivity index (χ1v) is 9.20. The smallest absolute Gasteiger partial charge is 0.405 e. The first kappa shape index (κ1) is 21.7. The SMILES string of the molecule is CC(C)(C)C(c1ccccc1)[C@H](OC(N)=O)C(=O)NCc1cccc(Cl)c1F. The summed E-state index contributed by atoms with van der Waals surface area (Å²) < 4.78 is 19.3. The Kier molecular flexibility index (Phi) is 7.02. The van der Waals surface area contributed by atoms with Gasteiger partial charge in [0.2, 0.25) is 0 Å². The molecular weight excluding hydrogens is 383 g/mol. The van der Waals surface area contributed by atoms with Crippen molar-refractivity contribution < 1.29 is 18.7 Å². The third-order valence-corrected chi connectivity index (χ3v) is 4.67. The van der Waals surface area contributed by atoms with Crippen LogP contribution in [-0.4, -0.2) is 18.1 Å². The Morgan fingerprint density at radius 3 is 2.36 bits per heavy atom. The molecule has 2 aromatic rings. The highest BCUT2D eigenvalue weighted by atomic mass is 35.5. The van der Waals surface area contributed by atoms with Crippen molar-refractivity contribution in [3.05, 3.63) is 70.5 Å². The molecule has 2 atom stereocenters. The van der Waals surface area contributed by atoms with Crippen LogP contribution in [0.4, 0.5) is 9.18 Å². The maximum absolute atomic E-state index is 14.1. The summed E-state index contributed by atoms with van der Waals surface area (Å²) in [7, 11) is 0. The van der Waals surface area contributed by atoms with Crippen molar-refractivity contribution in [2.75, 3.05) is 0 Å². The van der Waals surface area contributed by atoms with Crippen LogP contribution in [0.5, 0.6) is 0 Å². The molecule has 0 bridgehead atoms. The van der Waals surface area contributed by atoms with Gasteiger partial charge in [-0.25, -0.2) is 9.18 Å². The van der Waals surface area contributed by atoms with Gasteiger partial charge in [0.05, 0.1) is 5.02 Å². The lowest BCUT2D eigenvalue weighted by Crippen LogP contribution is -2.46. The van der Waals surface area contributed by atoms with Crippen molar-refractivity contribution in [3.8, 4) is 0 Å². The van der Waals surface area contributed by atoms with E-state index in [0.717, 1.165) is 5.56 Å². The first-order valence-electron chi connectivity index (χ1n) is 8.83. The molecule has 0 aliphatic carbocycles. The number of nitrogens with one attached hydrogen (secondary N) is 1. The number of hydrogen-bond donors (Lipinski definition) is 2. The summed E-state index contributed by atoms with van der Waals surface area (Å²) in [6.07, 6.45) is -2.23. The van der Waals surface area contributed by atoms with Crippen molar-refractivity contribution in [1.82, 2.24) is 5.32 Å². The van der Waals surface area contributed by atoms with Crippen molar-refractivity contribution in [1.29, 1.82) is 0 Å². The van der Waals surface area contributed by atoms with Crippen LogP contribution in [0.1, 0.15) is 37.8 Å². The number of ether oxygens (including phenoxy) is 1. The fourth-order valence-electron chi connectivity index (χ4n) is 3.16. The van der Waals surface area contributed by atoms with E-state index in [0.29, 0.717) is 0 Å². The van der Waals surface area contributed by atoms with E-state index < -0.39 is 35.3 Å². The zero-order valence-electron chi connectivity index (χ0n) is 16.0. The average molecular weight is 407 g/mol. The van der Waals surface area contributed by atoms with E-state index in [1.165, 1.54) is 12.1 Å². The Morgan fingerprint density at radius 2 is 1.79 bits per heavy atom. The summed E-state index contributed by atoms with van der Waals surface area (Å²) in [6.45, 7) is 5.71. The molecule has 0 spiro atoms. The molecule has 0 aliphatic rings. The van der Waals surface area contributed by atoms with Gasteiger partial charge in [0.1, 0.15) is 5.82 Å². The molecule has 3 N–H and O–H groups in total. The second-order valence-corrected chi connectivity index (χ2v) is 7.95. The van der Waals surface area contributed by atoms with Gasteiger partial charge < -0.3 is 15.8 Å². The van der Waals surface area contributed by atoms with E-state index in [-0.39, 0.29) is 17.1 Å². The molecule has 5 nitrogen and oxygen atoms in total. The number of primary amides is 1. The second-order valence-electron chi connectivity index (χ2n) is 7.54. The van der Waals surface area contributed by atoms with E-state index in [9.17, 15) is 14.0 Å². The van der Waals surface area contributed by atoms with Crippen LogP contribution in [0.25, 0.3) is 0 Å². The van der Waals surface area contributed by atoms with Gasteiger partial charge in [0.15, 0.2) is 6.10 Å². The van der Waals surface area contributed by atoms with Crippen LogP contribution in [-0.2, 0) is 16.1 Å². The minimum absolute atomic E-state index is 0.0338. The number of carbonyl (C=O) groups excluding carboxylic acids is 2. The number of amides is 2. The number of halogens is 2. The molecule has 0 radical (unpaired) electrons. The Balaban J connectivity index is 2.31. The Labute approximate surface area is 169 Å². The highest BCUT2D eigenvalue weighted by Gasteiger charge is 2.40. The van der Waals surface area contributed by atoms with Crippen LogP contribution < -0.4 is 11.1 Å². The van der Waals surface area contributed by atoms with Crippen LogP contribution in [0.2, 0.25) is 5.02 Å². The molecular formula is C21H24ClFN2O3. The molecule has 150 valence electrons. The summed E-state index contributed by atoms with van der Waals surface area (Å²) >= 11 is 5.78. The monoisotopic (exact) mass is 406 g/mol. The molecule has 2 rings (SSSR count). The maximum atomic E-state index is 14.1. The molecule has 2 amide bonds. The minimum Gasteiger partial charge on any atom is -0.436 e. The first-order chi connectivity index (χ1) is 13.1. The quantitative estimate of drug-likeness (QED) is 0.746. The van der Waals surface area contributed by atoms with Crippen molar-refractivity contribution in [2.24, 2.45) is 11.1 Å². The molecule has 0 saturated carbocycles.